The van der Waals surface area contributed by atoms with Gasteiger partial charge in [0.15, 0.2) is 0 Å². The van der Waals surface area contributed by atoms with E-state index in [-0.39, 0.29) is 12.5 Å². The second kappa shape index (κ2) is 9.13. The van der Waals surface area contributed by atoms with E-state index in [4.69, 9.17) is 14.0 Å². The topological polar surface area (TPSA) is 81.8 Å². The van der Waals surface area contributed by atoms with Gasteiger partial charge in [-0.1, -0.05) is 0 Å². The number of carbonyl (C=O) groups excluding carboxylic acids is 1. The molecule has 6 heteroatoms. The van der Waals surface area contributed by atoms with Crippen molar-refractivity contribution in [1.82, 2.24) is 0 Å². The van der Waals surface area contributed by atoms with E-state index in [0.717, 1.165) is 12.5 Å². The summed E-state index contributed by atoms with van der Waals surface area (Å²) < 4.78 is 10.4. The summed E-state index contributed by atoms with van der Waals surface area (Å²) >= 11 is 0. The van der Waals surface area contributed by atoms with Gasteiger partial charge < -0.3 is 19.7 Å². The monoisotopic (exact) mass is 223 g/mol. The van der Waals surface area contributed by atoms with Crippen LogP contribution < -0.4 is 5.73 Å². The summed E-state index contributed by atoms with van der Waals surface area (Å²) in [5.74, 6) is -0.333. The van der Waals surface area contributed by atoms with Crippen LogP contribution in [-0.2, 0) is 13.6 Å². The Bertz CT molecular complexity index is 146. The Morgan fingerprint density at radius 3 is 2.00 bits per heavy atom. The van der Waals surface area contributed by atoms with E-state index in [1.807, 2.05) is 6.55 Å². The average molecular weight is 223 g/mol. The van der Waals surface area contributed by atoms with Crippen molar-refractivity contribution in [1.29, 1.82) is 0 Å². The van der Waals surface area contributed by atoms with Gasteiger partial charge in [0, 0.05) is 27.8 Å². The first-order valence-corrected chi connectivity index (χ1v) is 6.91. The second-order valence-electron chi connectivity index (χ2n) is 2.98. The third-order valence-electron chi connectivity index (χ3n) is 1.65. The SMILES string of the molecule is CC(N)=O.CO[Si](C)(CCCO)OC. The van der Waals surface area contributed by atoms with Crippen molar-refractivity contribution in [2.45, 2.75) is 25.9 Å². The van der Waals surface area contributed by atoms with Gasteiger partial charge in [-0.2, -0.15) is 0 Å². The van der Waals surface area contributed by atoms with E-state index in [1.165, 1.54) is 6.92 Å². The fourth-order valence-corrected chi connectivity index (χ4v) is 2.06. The maximum Gasteiger partial charge on any atom is 0.334 e. The maximum atomic E-state index is 9.22. The summed E-state index contributed by atoms with van der Waals surface area (Å²) in [6.45, 7) is 3.51. The van der Waals surface area contributed by atoms with Crippen molar-refractivity contribution in [3.8, 4) is 0 Å². The van der Waals surface area contributed by atoms with Gasteiger partial charge in [0.1, 0.15) is 0 Å². The van der Waals surface area contributed by atoms with E-state index in [2.05, 4.69) is 5.73 Å². The summed E-state index contributed by atoms with van der Waals surface area (Å²) in [6, 6.07) is 0.858. The second-order valence-corrected chi connectivity index (χ2v) is 6.56. The normalized spacial score (nSPS) is 10.4. The lowest BCUT2D eigenvalue weighted by Gasteiger charge is -2.21. The number of carbonyl (C=O) groups is 1. The summed E-state index contributed by atoms with van der Waals surface area (Å²) in [5.41, 5.74) is 4.47. The third-order valence-corrected chi connectivity index (χ3v) is 4.64. The Morgan fingerprint density at radius 1 is 1.43 bits per heavy atom. The van der Waals surface area contributed by atoms with Crippen molar-refractivity contribution >= 4 is 14.5 Å². The number of hydrogen-bond donors (Lipinski definition) is 2. The van der Waals surface area contributed by atoms with Gasteiger partial charge in [-0.25, -0.2) is 0 Å². The van der Waals surface area contributed by atoms with Crippen LogP contribution in [0.1, 0.15) is 13.3 Å². The van der Waals surface area contributed by atoms with Gasteiger partial charge in [-0.15, -0.1) is 0 Å². The van der Waals surface area contributed by atoms with Crippen LogP contribution in [0, 0.1) is 0 Å². The highest BCUT2D eigenvalue weighted by molar-refractivity contribution is 6.65. The van der Waals surface area contributed by atoms with Crippen molar-refractivity contribution in [3.05, 3.63) is 0 Å². The molecule has 0 fully saturated rings. The highest BCUT2D eigenvalue weighted by Crippen LogP contribution is 2.12. The highest BCUT2D eigenvalue weighted by atomic mass is 28.4. The smallest absolute Gasteiger partial charge is 0.334 e. The first-order valence-electron chi connectivity index (χ1n) is 4.39. The number of primary amides is 1. The van der Waals surface area contributed by atoms with Gasteiger partial charge in [0.2, 0.25) is 5.91 Å². The zero-order valence-corrected chi connectivity index (χ0v) is 10.4. The average Bonchev–Trinajstić information content (AvgIpc) is 2.13. The van der Waals surface area contributed by atoms with Crippen LogP contribution in [0.3, 0.4) is 0 Å². The molecule has 0 saturated heterocycles. The lowest BCUT2D eigenvalue weighted by atomic mass is 10.5. The predicted octanol–water partition coefficient (Wildman–Crippen LogP) is 0.225. The minimum Gasteiger partial charge on any atom is -0.398 e. The van der Waals surface area contributed by atoms with Crippen LogP contribution in [0.4, 0.5) is 0 Å². The molecule has 5 nitrogen and oxygen atoms in total. The molecule has 0 aliphatic rings. The van der Waals surface area contributed by atoms with E-state index >= 15 is 0 Å². The minimum atomic E-state index is -1.88. The van der Waals surface area contributed by atoms with Gasteiger partial charge in [0.05, 0.1) is 0 Å². The van der Waals surface area contributed by atoms with Gasteiger partial charge in [-0.3, -0.25) is 4.79 Å². The van der Waals surface area contributed by atoms with Crippen LogP contribution in [0.2, 0.25) is 12.6 Å². The molecule has 3 N–H and O–H groups in total. The number of amides is 1. The fraction of sp³-hybridized carbons (Fsp3) is 0.875. The molecule has 0 heterocycles. The Kier molecular flexibility index (Phi) is 10.4. The Labute approximate surface area is 86.5 Å². The number of aliphatic hydroxyl groups excluding tert-OH is 1. The number of nitrogens with two attached hydrogens (primary N) is 1. The van der Waals surface area contributed by atoms with E-state index in [1.54, 1.807) is 14.2 Å². The van der Waals surface area contributed by atoms with E-state index in [0.29, 0.717) is 0 Å². The molecular formula is C8H21NO4Si. The third kappa shape index (κ3) is 11.6. The first kappa shape index (κ1) is 16.0. The number of hydrogen-bond acceptors (Lipinski definition) is 4. The predicted molar refractivity (Wildman–Crippen MR) is 57.0 cm³/mol. The fourth-order valence-electron chi connectivity index (χ4n) is 0.688. The van der Waals surface area contributed by atoms with Crippen molar-refractivity contribution in [3.63, 3.8) is 0 Å². The summed E-state index contributed by atoms with van der Waals surface area (Å²) in [7, 11) is 1.44. The first-order chi connectivity index (χ1) is 6.41. The lowest BCUT2D eigenvalue weighted by molar-refractivity contribution is -0.115. The number of aliphatic hydroxyl groups is 1. The lowest BCUT2D eigenvalue weighted by Crippen LogP contribution is -2.35. The zero-order valence-electron chi connectivity index (χ0n) is 9.37. The standard InChI is InChI=1S/C6H16O3Si.C2H5NO/c1-8-10(3,9-2)6-4-5-7;1-2(3)4/h7H,4-6H2,1-3H3;1H3,(H2,3,4). The molecule has 0 unspecified atom stereocenters. The van der Waals surface area contributed by atoms with E-state index < -0.39 is 8.56 Å². The molecule has 0 rings (SSSR count). The molecule has 0 aliphatic heterocycles. The van der Waals surface area contributed by atoms with Gasteiger partial charge >= 0.3 is 8.56 Å². The molecule has 0 radical (unpaired) electrons. The van der Waals surface area contributed by atoms with Gasteiger partial charge in [-0.05, 0) is 19.0 Å². The maximum absolute atomic E-state index is 9.22. The van der Waals surface area contributed by atoms with Crippen LogP contribution >= 0.6 is 0 Å². The number of rotatable bonds is 5. The zero-order chi connectivity index (χ0) is 11.6. The van der Waals surface area contributed by atoms with Crippen LogP contribution in [0.15, 0.2) is 0 Å². The minimum absolute atomic E-state index is 0.218. The Hall–Kier alpha value is -0.433. The summed E-state index contributed by atoms with van der Waals surface area (Å²) in [4.78, 5) is 9.22. The van der Waals surface area contributed by atoms with Crippen molar-refractivity contribution in [2.75, 3.05) is 20.8 Å². The van der Waals surface area contributed by atoms with Gasteiger partial charge in [0.25, 0.3) is 0 Å². The molecule has 0 aromatic heterocycles. The van der Waals surface area contributed by atoms with Crippen molar-refractivity contribution in [2.24, 2.45) is 5.73 Å². The van der Waals surface area contributed by atoms with E-state index in [9.17, 15) is 4.79 Å². The highest BCUT2D eigenvalue weighted by Gasteiger charge is 2.27. The molecule has 0 saturated carbocycles. The quantitative estimate of drug-likeness (QED) is 0.653. The summed E-state index contributed by atoms with van der Waals surface area (Å²) in [5, 5.41) is 8.53. The molecule has 0 aromatic rings. The molecule has 0 bridgehead atoms. The van der Waals surface area contributed by atoms with Crippen LogP contribution in [-0.4, -0.2) is 40.4 Å². The summed E-state index contributed by atoms with van der Waals surface area (Å²) in [6.07, 6.45) is 0.768. The van der Waals surface area contributed by atoms with Crippen molar-refractivity contribution < 1.29 is 18.8 Å². The molecular weight excluding hydrogens is 202 g/mol. The Morgan fingerprint density at radius 2 is 1.79 bits per heavy atom. The molecule has 0 atom stereocenters. The van der Waals surface area contributed by atoms with Crippen LogP contribution in [0.25, 0.3) is 0 Å². The molecule has 14 heavy (non-hydrogen) atoms. The molecule has 1 amide bonds. The molecule has 0 aromatic carbocycles. The van der Waals surface area contributed by atoms with Crippen LogP contribution in [0.5, 0.6) is 0 Å². The molecule has 86 valence electrons. The largest absolute Gasteiger partial charge is 0.398 e. The molecule has 0 aliphatic carbocycles. The molecule has 0 spiro atoms. The Balaban J connectivity index is 0.